The van der Waals surface area contributed by atoms with Crippen molar-refractivity contribution >= 4 is 21.8 Å². The summed E-state index contributed by atoms with van der Waals surface area (Å²) in [5.41, 5.74) is -0.635. The van der Waals surface area contributed by atoms with Crippen LogP contribution in [0.5, 0.6) is 11.5 Å². The fraction of sp³-hybridized carbons (Fsp3) is 0.529. The topological polar surface area (TPSA) is 108 Å². The molecule has 1 aliphatic heterocycles. The van der Waals surface area contributed by atoms with Crippen molar-refractivity contribution in [2.45, 2.75) is 32.1 Å². The summed E-state index contributed by atoms with van der Waals surface area (Å²) in [6.07, 6.45) is 0.703. The van der Waals surface area contributed by atoms with Gasteiger partial charge in [-0.15, -0.1) is 0 Å². The second-order valence-corrected chi connectivity index (χ2v) is 8.58. The molecule has 0 aromatic heterocycles. The smallest absolute Gasteiger partial charge is 0.321 e. The summed E-state index contributed by atoms with van der Waals surface area (Å²) in [7, 11) is -3.94. The van der Waals surface area contributed by atoms with Crippen LogP contribution in [-0.2, 0) is 24.3 Å². The molecule has 1 aromatic carbocycles. The van der Waals surface area contributed by atoms with Crippen LogP contribution < -0.4 is 14.2 Å². The number of Topliss-reactive ketones (excluding diaryl/α,β-unsaturated/α-hetero) is 1. The summed E-state index contributed by atoms with van der Waals surface area (Å²) in [4.78, 5) is 23.3. The number of ether oxygens (including phenoxy) is 3. The standard InChI is InChI=1S/C17H23NO7S/c1-17(2,3)15(19)11-25-16(20)10-18-26(21,22)12-5-6-13-14(9-12)24-8-4-7-23-13/h5-6,9,18H,4,7-8,10-11H2,1-3H3. The largest absolute Gasteiger partial charge is 0.490 e. The highest BCUT2D eigenvalue weighted by molar-refractivity contribution is 7.89. The van der Waals surface area contributed by atoms with Gasteiger partial charge in [-0.05, 0) is 12.1 Å². The lowest BCUT2D eigenvalue weighted by Gasteiger charge is -2.16. The summed E-state index contributed by atoms with van der Waals surface area (Å²) < 4.78 is 42.5. The predicted octanol–water partition coefficient (Wildman–Crippen LogP) is 1.28. The Bertz CT molecular complexity index is 781. The van der Waals surface area contributed by atoms with E-state index in [2.05, 4.69) is 4.72 Å². The minimum absolute atomic E-state index is 0.0553. The van der Waals surface area contributed by atoms with Crippen molar-refractivity contribution in [2.75, 3.05) is 26.4 Å². The maximum Gasteiger partial charge on any atom is 0.321 e. The maximum absolute atomic E-state index is 12.3. The van der Waals surface area contributed by atoms with Crippen LogP contribution in [0.2, 0.25) is 0 Å². The van der Waals surface area contributed by atoms with Crippen LogP contribution in [0.1, 0.15) is 27.2 Å². The van der Waals surface area contributed by atoms with Gasteiger partial charge >= 0.3 is 5.97 Å². The first-order valence-electron chi connectivity index (χ1n) is 8.18. The molecule has 0 amide bonds. The van der Waals surface area contributed by atoms with Gasteiger partial charge in [-0.2, -0.15) is 4.72 Å². The van der Waals surface area contributed by atoms with Gasteiger partial charge in [0.1, 0.15) is 6.54 Å². The van der Waals surface area contributed by atoms with E-state index in [4.69, 9.17) is 14.2 Å². The number of carbonyl (C=O) groups is 2. The van der Waals surface area contributed by atoms with Crippen LogP contribution in [0.3, 0.4) is 0 Å². The van der Waals surface area contributed by atoms with Crippen LogP contribution in [0, 0.1) is 5.41 Å². The number of ketones is 1. The predicted molar refractivity (Wildman–Crippen MR) is 92.7 cm³/mol. The number of benzene rings is 1. The molecule has 1 aliphatic rings. The number of sulfonamides is 1. The van der Waals surface area contributed by atoms with Gasteiger partial charge in [0.2, 0.25) is 10.0 Å². The SMILES string of the molecule is CC(C)(C)C(=O)COC(=O)CNS(=O)(=O)c1ccc2c(c1)OCCCO2. The van der Waals surface area contributed by atoms with Crippen molar-refractivity contribution < 1.29 is 32.2 Å². The zero-order chi connectivity index (χ0) is 19.4. The molecule has 144 valence electrons. The molecule has 0 aliphatic carbocycles. The Morgan fingerprint density at radius 3 is 2.46 bits per heavy atom. The molecule has 1 N–H and O–H groups in total. The number of fused-ring (bicyclic) bond motifs is 1. The molecule has 8 nitrogen and oxygen atoms in total. The van der Waals surface area contributed by atoms with Crippen molar-refractivity contribution in [2.24, 2.45) is 5.41 Å². The van der Waals surface area contributed by atoms with Gasteiger partial charge < -0.3 is 14.2 Å². The van der Waals surface area contributed by atoms with Gasteiger partial charge in [0.05, 0.1) is 18.1 Å². The third-order valence-electron chi connectivity index (χ3n) is 3.64. The van der Waals surface area contributed by atoms with Gasteiger partial charge in [0.25, 0.3) is 0 Å². The number of nitrogens with one attached hydrogen (secondary N) is 1. The van der Waals surface area contributed by atoms with E-state index < -0.39 is 34.6 Å². The van der Waals surface area contributed by atoms with Crippen LogP contribution >= 0.6 is 0 Å². The van der Waals surface area contributed by atoms with Crippen LogP contribution in [0.4, 0.5) is 0 Å². The van der Waals surface area contributed by atoms with Gasteiger partial charge in [-0.25, -0.2) is 8.42 Å². The molecule has 0 atom stereocenters. The molecular formula is C17H23NO7S. The Hall–Kier alpha value is -2.13. The molecule has 9 heteroatoms. The Labute approximate surface area is 152 Å². The number of carbonyl (C=O) groups excluding carboxylic acids is 2. The lowest BCUT2D eigenvalue weighted by Crippen LogP contribution is -2.33. The van der Waals surface area contributed by atoms with Crippen LogP contribution in [0.15, 0.2) is 23.1 Å². The van der Waals surface area contributed by atoms with Gasteiger partial charge in [0.15, 0.2) is 23.9 Å². The minimum Gasteiger partial charge on any atom is -0.490 e. The Kier molecular flexibility index (Phi) is 6.25. The molecule has 0 saturated heterocycles. The zero-order valence-electron chi connectivity index (χ0n) is 15.0. The Balaban J connectivity index is 1.95. The van der Waals surface area contributed by atoms with E-state index in [9.17, 15) is 18.0 Å². The third kappa shape index (κ3) is 5.43. The first kappa shape index (κ1) is 20.2. The van der Waals surface area contributed by atoms with Crippen LogP contribution in [-0.4, -0.2) is 46.5 Å². The van der Waals surface area contributed by atoms with E-state index in [1.54, 1.807) is 20.8 Å². The van der Waals surface area contributed by atoms with E-state index in [1.807, 2.05) is 0 Å². The molecule has 2 rings (SSSR count). The Morgan fingerprint density at radius 1 is 1.15 bits per heavy atom. The highest BCUT2D eigenvalue weighted by atomic mass is 32.2. The first-order valence-corrected chi connectivity index (χ1v) is 9.66. The summed E-state index contributed by atoms with van der Waals surface area (Å²) >= 11 is 0. The lowest BCUT2D eigenvalue weighted by atomic mass is 9.91. The average molecular weight is 385 g/mol. The first-order chi connectivity index (χ1) is 12.1. The summed E-state index contributed by atoms with van der Waals surface area (Å²) in [6.45, 7) is 5.07. The fourth-order valence-electron chi connectivity index (χ4n) is 1.96. The molecular weight excluding hydrogens is 362 g/mol. The molecule has 0 saturated carbocycles. The van der Waals surface area contributed by atoms with Crippen molar-refractivity contribution in [1.29, 1.82) is 0 Å². The number of esters is 1. The molecule has 0 unspecified atom stereocenters. The van der Waals surface area contributed by atoms with Crippen molar-refractivity contribution in [3.05, 3.63) is 18.2 Å². The van der Waals surface area contributed by atoms with Crippen molar-refractivity contribution in [3.63, 3.8) is 0 Å². The van der Waals surface area contributed by atoms with Gasteiger partial charge in [0, 0.05) is 17.9 Å². The molecule has 0 fully saturated rings. The van der Waals surface area contributed by atoms with Gasteiger partial charge in [-0.1, -0.05) is 20.8 Å². The highest BCUT2D eigenvalue weighted by Gasteiger charge is 2.23. The van der Waals surface area contributed by atoms with E-state index >= 15 is 0 Å². The van der Waals surface area contributed by atoms with Crippen LogP contribution in [0.25, 0.3) is 0 Å². The van der Waals surface area contributed by atoms with Crippen molar-refractivity contribution in [3.8, 4) is 11.5 Å². The quantitative estimate of drug-likeness (QED) is 0.735. The summed E-state index contributed by atoms with van der Waals surface area (Å²) in [5, 5.41) is 0. The third-order valence-corrected chi connectivity index (χ3v) is 5.04. The second kappa shape index (κ2) is 8.05. The molecule has 1 heterocycles. The maximum atomic E-state index is 12.3. The van der Waals surface area contributed by atoms with Gasteiger partial charge in [-0.3, -0.25) is 9.59 Å². The molecule has 0 bridgehead atoms. The van der Waals surface area contributed by atoms with E-state index in [0.717, 1.165) is 0 Å². The molecule has 0 spiro atoms. The van der Waals surface area contributed by atoms with Crippen molar-refractivity contribution in [1.82, 2.24) is 4.72 Å². The highest BCUT2D eigenvalue weighted by Crippen LogP contribution is 2.31. The molecule has 1 aromatic rings. The lowest BCUT2D eigenvalue weighted by molar-refractivity contribution is -0.148. The molecule has 26 heavy (non-hydrogen) atoms. The van der Waals surface area contributed by atoms with E-state index in [1.165, 1.54) is 18.2 Å². The normalized spacial score (nSPS) is 14.4. The summed E-state index contributed by atoms with van der Waals surface area (Å²) in [6, 6.07) is 4.22. The number of hydrogen-bond donors (Lipinski definition) is 1. The zero-order valence-corrected chi connectivity index (χ0v) is 15.9. The molecule has 0 radical (unpaired) electrons. The van der Waals surface area contributed by atoms with E-state index in [-0.39, 0.29) is 10.7 Å². The Morgan fingerprint density at radius 2 is 1.81 bits per heavy atom. The number of rotatable bonds is 6. The summed E-state index contributed by atoms with van der Waals surface area (Å²) in [5.74, 6) is -0.276. The monoisotopic (exact) mass is 385 g/mol. The number of hydrogen-bond acceptors (Lipinski definition) is 7. The van der Waals surface area contributed by atoms with E-state index in [0.29, 0.717) is 31.1 Å². The minimum atomic E-state index is -3.94. The second-order valence-electron chi connectivity index (χ2n) is 6.82. The fourth-order valence-corrected chi connectivity index (χ4v) is 2.95. The average Bonchev–Trinajstić information content (AvgIpc) is 2.81.